The monoisotopic (exact) mass is 359 g/mol. The van der Waals surface area contributed by atoms with Crippen LogP contribution in [0.5, 0.6) is 11.5 Å². The van der Waals surface area contributed by atoms with Crippen molar-refractivity contribution in [3.63, 3.8) is 0 Å². The first-order valence-electron chi connectivity index (χ1n) is 7.90. The zero-order valence-electron chi connectivity index (χ0n) is 14.2. The van der Waals surface area contributed by atoms with E-state index in [0.717, 1.165) is 5.56 Å². The van der Waals surface area contributed by atoms with Gasteiger partial charge in [-0.05, 0) is 49.7 Å². The van der Waals surface area contributed by atoms with E-state index in [1.807, 2.05) is 26.0 Å². The summed E-state index contributed by atoms with van der Waals surface area (Å²) in [5.74, 6) is 0.126. The van der Waals surface area contributed by atoms with Crippen molar-refractivity contribution in [1.82, 2.24) is 0 Å². The Labute approximate surface area is 151 Å². The van der Waals surface area contributed by atoms with Crippen molar-refractivity contribution in [2.45, 2.75) is 26.5 Å². The smallest absolute Gasteiger partial charge is 0.299 e. The van der Waals surface area contributed by atoms with Crippen LogP contribution >= 0.6 is 11.6 Å². The summed E-state index contributed by atoms with van der Waals surface area (Å²) in [6, 6.07) is 10.3. The third-order valence-electron chi connectivity index (χ3n) is 3.86. The highest BCUT2D eigenvalue weighted by molar-refractivity contribution is 6.52. The van der Waals surface area contributed by atoms with Gasteiger partial charge in [-0.25, -0.2) is 0 Å². The Kier molecular flexibility index (Phi) is 4.68. The van der Waals surface area contributed by atoms with Gasteiger partial charge in [-0.15, -0.1) is 0 Å². The number of fused-ring (bicyclic) bond motifs is 1. The molecule has 25 heavy (non-hydrogen) atoms. The van der Waals surface area contributed by atoms with Gasteiger partial charge >= 0.3 is 0 Å². The molecular weight excluding hydrogens is 342 g/mol. The summed E-state index contributed by atoms with van der Waals surface area (Å²) in [5.41, 5.74) is 1.74. The van der Waals surface area contributed by atoms with Crippen molar-refractivity contribution in [3.05, 3.63) is 52.5 Å². The molecule has 130 valence electrons. The van der Waals surface area contributed by atoms with Crippen molar-refractivity contribution >= 4 is 29.0 Å². The Hall–Kier alpha value is -2.53. The first-order chi connectivity index (χ1) is 11.9. The van der Waals surface area contributed by atoms with Gasteiger partial charge in [0, 0.05) is 5.02 Å². The number of methoxy groups -OCH3 is 1. The van der Waals surface area contributed by atoms with Crippen LogP contribution in [-0.2, 0) is 11.3 Å². The molecule has 0 saturated carbocycles. The molecule has 1 amide bonds. The van der Waals surface area contributed by atoms with Crippen LogP contribution in [0.1, 0.15) is 29.8 Å². The maximum atomic E-state index is 12.3. The molecule has 0 atom stereocenters. The fourth-order valence-electron chi connectivity index (χ4n) is 2.77. The van der Waals surface area contributed by atoms with Crippen LogP contribution in [0.3, 0.4) is 0 Å². The summed E-state index contributed by atoms with van der Waals surface area (Å²) in [5, 5.41) is 0.429. The Morgan fingerprint density at radius 2 is 1.84 bits per heavy atom. The minimum absolute atomic E-state index is 0.0224. The van der Waals surface area contributed by atoms with Gasteiger partial charge < -0.3 is 14.4 Å². The highest BCUT2D eigenvalue weighted by atomic mass is 35.5. The average Bonchev–Trinajstić information content (AvgIpc) is 2.80. The Morgan fingerprint density at radius 3 is 2.52 bits per heavy atom. The standard InChI is InChI=1S/C19H18ClNO4/c1-11(2)25-16-7-4-12(8-17(16)24-3)10-21-15-6-5-13(20)9-14(15)18(22)19(21)23/h4-9,11H,10H2,1-3H3. The fraction of sp³-hybridized carbons (Fsp3) is 0.263. The first-order valence-corrected chi connectivity index (χ1v) is 8.28. The lowest BCUT2D eigenvalue weighted by Gasteiger charge is -2.19. The van der Waals surface area contributed by atoms with Crippen LogP contribution in [0.2, 0.25) is 5.02 Å². The fourth-order valence-corrected chi connectivity index (χ4v) is 2.95. The quantitative estimate of drug-likeness (QED) is 0.760. The molecule has 0 saturated heterocycles. The van der Waals surface area contributed by atoms with E-state index in [1.165, 1.54) is 11.0 Å². The number of hydrogen-bond donors (Lipinski definition) is 0. The number of hydrogen-bond acceptors (Lipinski definition) is 4. The number of halogens is 1. The van der Waals surface area contributed by atoms with E-state index in [-0.39, 0.29) is 12.6 Å². The minimum Gasteiger partial charge on any atom is -0.493 e. The van der Waals surface area contributed by atoms with Gasteiger partial charge in [0.2, 0.25) is 0 Å². The number of nitrogens with zero attached hydrogens (tertiary/aromatic N) is 1. The molecule has 1 aliphatic heterocycles. The van der Waals surface area contributed by atoms with Gasteiger partial charge in [-0.2, -0.15) is 0 Å². The van der Waals surface area contributed by atoms with Gasteiger partial charge in [-0.3, -0.25) is 9.59 Å². The van der Waals surface area contributed by atoms with Crippen LogP contribution in [0.15, 0.2) is 36.4 Å². The van der Waals surface area contributed by atoms with Crippen LogP contribution in [0.4, 0.5) is 5.69 Å². The van der Waals surface area contributed by atoms with Crippen LogP contribution in [0, 0.1) is 0 Å². The first kappa shape index (κ1) is 17.3. The van der Waals surface area contributed by atoms with E-state index in [1.54, 1.807) is 25.3 Å². The molecular formula is C19H18ClNO4. The lowest BCUT2D eigenvalue weighted by Crippen LogP contribution is -2.29. The van der Waals surface area contributed by atoms with E-state index >= 15 is 0 Å². The lowest BCUT2D eigenvalue weighted by atomic mass is 10.1. The van der Waals surface area contributed by atoms with Gasteiger partial charge in [0.05, 0.1) is 31.0 Å². The summed E-state index contributed by atoms with van der Waals surface area (Å²) in [4.78, 5) is 25.9. The number of ether oxygens (including phenoxy) is 2. The Bertz CT molecular complexity index is 847. The molecule has 5 nitrogen and oxygen atoms in total. The van der Waals surface area contributed by atoms with Crippen molar-refractivity contribution < 1.29 is 19.1 Å². The Balaban J connectivity index is 1.90. The summed E-state index contributed by atoms with van der Waals surface area (Å²) in [7, 11) is 1.56. The summed E-state index contributed by atoms with van der Waals surface area (Å²) < 4.78 is 11.1. The maximum Gasteiger partial charge on any atom is 0.299 e. The van der Waals surface area contributed by atoms with Crippen LogP contribution < -0.4 is 14.4 Å². The molecule has 0 radical (unpaired) electrons. The zero-order valence-corrected chi connectivity index (χ0v) is 15.0. The number of carbonyl (C=O) groups is 2. The lowest BCUT2D eigenvalue weighted by molar-refractivity contribution is -0.114. The third kappa shape index (κ3) is 3.33. The Morgan fingerprint density at radius 1 is 1.08 bits per heavy atom. The third-order valence-corrected chi connectivity index (χ3v) is 4.10. The maximum absolute atomic E-state index is 12.3. The average molecular weight is 360 g/mol. The minimum atomic E-state index is -0.557. The normalized spacial score (nSPS) is 13.4. The second kappa shape index (κ2) is 6.76. The topological polar surface area (TPSA) is 55.8 Å². The molecule has 0 unspecified atom stereocenters. The van der Waals surface area contributed by atoms with Crippen LogP contribution in [0.25, 0.3) is 0 Å². The molecule has 0 bridgehead atoms. The molecule has 0 spiro atoms. The molecule has 2 aromatic carbocycles. The number of ketones is 1. The van der Waals surface area contributed by atoms with Crippen molar-refractivity contribution in [1.29, 1.82) is 0 Å². The van der Waals surface area contributed by atoms with Gasteiger partial charge in [-0.1, -0.05) is 17.7 Å². The molecule has 0 aromatic heterocycles. The molecule has 0 aliphatic carbocycles. The highest BCUT2D eigenvalue weighted by Gasteiger charge is 2.35. The number of Topliss-reactive ketones (excluding diaryl/α,β-unsaturated/α-hetero) is 1. The number of rotatable bonds is 5. The second-order valence-electron chi connectivity index (χ2n) is 6.03. The van der Waals surface area contributed by atoms with E-state index in [2.05, 4.69) is 0 Å². The molecule has 6 heteroatoms. The molecule has 2 aromatic rings. The molecule has 3 rings (SSSR count). The van der Waals surface area contributed by atoms with Crippen molar-refractivity contribution in [3.8, 4) is 11.5 Å². The second-order valence-corrected chi connectivity index (χ2v) is 6.47. The molecule has 0 fully saturated rings. The molecule has 1 heterocycles. The molecule has 1 aliphatic rings. The zero-order chi connectivity index (χ0) is 18.1. The van der Waals surface area contributed by atoms with E-state index in [4.69, 9.17) is 21.1 Å². The number of anilines is 1. The van der Waals surface area contributed by atoms with Gasteiger partial charge in [0.15, 0.2) is 11.5 Å². The van der Waals surface area contributed by atoms with E-state index in [9.17, 15) is 9.59 Å². The number of benzene rings is 2. The SMILES string of the molecule is COc1cc(CN2C(=O)C(=O)c3cc(Cl)ccc32)ccc1OC(C)C. The van der Waals surface area contributed by atoms with E-state index < -0.39 is 11.7 Å². The predicted molar refractivity (Wildman–Crippen MR) is 95.7 cm³/mol. The van der Waals surface area contributed by atoms with Crippen molar-refractivity contribution in [2.75, 3.05) is 12.0 Å². The summed E-state index contributed by atoms with van der Waals surface area (Å²) in [6.45, 7) is 4.13. The number of carbonyl (C=O) groups excluding carboxylic acids is 2. The van der Waals surface area contributed by atoms with E-state index in [0.29, 0.717) is 27.8 Å². The predicted octanol–water partition coefficient (Wildman–Crippen LogP) is 3.87. The highest BCUT2D eigenvalue weighted by Crippen LogP contribution is 2.34. The van der Waals surface area contributed by atoms with Crippen molar-refractivity contribution in [2.24, 2.45) is 0 Å². The van der Waals surface area contributed by atoms with Gasteiger partial charge in [0.1, 0.15) is 0 Å². The van der Waals surface area contributed by atoms with Gasteiger partial charge in [0.25, 0.3) is 11.7 Å². The largest absolute Gasteiger partial charge is 0.493 e. The van der Waals surface area contributed by atoms with Crippen LogP contribution in [-0.4, -0.2) is 24.9 Å². The molecule has 0 N–H and O–H groups in total. The summed E-state index contributed by atoms with van der Waals surface area (Å²) >= 11 is 5.93. The summed E-state index contributed by atoms with van der Waals surface area (Å²) in [6.07, 6.45) is 0.0224. The number of amides is 1.